The van der Waals surface area contributed by atoms with Crippen molar-refractivity contribution in [3.05, 3.63) is 0 Å². The summed E-state index contributed by atoms with van der Waals surface area (Å²) >= 11 is 0. The van der Waals surface area contributed by atoms with Crippen molar-refractivity contribution in [2.75, 3.05) is 33.9 Å². The summed E-state index contributed by atoms with van der Waals surface area (Å²) in [6.45, 7) is 0.410. The molecule has 0 saturated heterocycles. The summed E-state index contributed by atoms with van der Waals surface area (Å²) in [5.74, 6) is -0.200. The number of carbonyl (C=O) groups is 1. The molecule has 5 nitrogen and oxygen atoms in total. The summed E-state index contributed by atoms with van der Waals surface area (Å²) in [6, 6.07) is 0. The van der Waals surface area contributed by atoms with Gasteiger partial charge in [-0.25, -0.2) is 0 Å². The lowest BCUT2D eigenvalue weighted by atomic mass is 10.3. The van der Waals surface area contributed by atoms with Crippen molar-refractivity contribution in [3.63, 3.8) is 0 Å². The second kappa shape index (κ2) is 5.93. The third-order valence-corrected chi connectivity index (χ3v) is 1.59. The second-order valence-corrected chi connectivity index (χ2v) is 2.44. The van der Waals surface area contributed by atoms with Crippen molar-refractivity contribution in [2.24, 2.45) is 5.73 Å². The van der Waals surface area contributed by atoms with Crippen LogP contribution in [0.1, 0.15) is 0 Å². The summed E-state index contributed by atoms with van der Waals surface area (Å²) < 4.78 is 4.83. The highest BCUT2D eigenvalue weighted by Crippen LogP contribution is 1.94. The molecule has 0 aliphatic heterocycles. The third-order valence-electron chi connectivity index (χ3n) is 1.59. The largest absolute Gasteiger partial charge is 0.395 e. The second-order valence-electron chi connectivity index (χ2n) is 2.44. The van der Waals surface area contributed by atoms with Crippen molar-refractivity contribution in [2.45, 2.75) is 6.10 Å². The maximum absolute atomic E-state index is 11.3. The van der Waals surface area contributed by atoms with Gasteiger partial charge in [-0.1, -0.05) is 0 Å². The molecule has 0 fully saturated rings. The molecule has 0 bridgehead atoms. The van der Waals surface area contributed by atoms with E-state index < -0.39 is 6.10 Å². The smallest absolute Gasteiger partial charge is 0.252 e. The van der Waals surface area contributed by atoms with Gasteiger partial charge in [0, 0.05) is 27.2 Å². The molecular formula is C7H16N2O3. The zero-order valence-electron chi connectivity index (χ0n) is 7.49. The Balaban J connectivity index is 3.97. The number of rotatable bonds is 5. The first-order valence-electron chi connectivity index (χ1n) is 3.76. The van der Waals surface area contributed by atoms with Crippen LogP contribution in [-0.2, 0) is 9.53 Å². The number of ether oxygens (including phenoxy) is 1. The van der Waals surface area contributed by atoms with E-state index >= 15 is 0 Å². The quantitative estimate of drug-likeness (QED) is 0.529. The minimum Gasteiger partial charge on any atom is -0.395 e. The molecule has 0 aromatic rings. The SMILES string of the molecule is COC(CN)C(=O)N(C)CCO. The first-order valence-corrected chi connectivity index (χ1v) is 3.76. The van der Waals surface area contributed by atoms with Gasteiger partial charge in [0.1, 0.15) is 6.10 Å². The number of methoxy groups -OCH3 is 1. The van der Waals surface area contributed by atoms with E-state index in [1.165, 1.54) is 12.0 Å². The summed E-state index contributed by atoms with van der Waals surface area (Å²) in [5, 5.41) is 8.55. The molecule has 5 heteroatoms. The van der Waals surface area contributed by atoms with Gasteiger partial charge in [0.25, 0.3) is 5.91 Å². The van der Waals surface area contributed by atoms with Gasteiger partial charge in [0.05, 0.1) is 6.61 Å². The highest BCUT2D eigenvalue weighted by molar-refractivity contribution is 5.80. The Kier molecular flexibility index (Phi) is 5.61. The minimum absolute atomic E-state index is 0.0523. The molecule has 3 N–H and O–H groups in total. The molecule has 0 aliphatic rings. The molecule has 0 aliphatic carbocycles. The van der Waals surface area contributed by atoms with Crippen LogP contribution in [-0.4, -0.2) is 55.9 Å². The first kappa shape index (κ1) is 11.4. The van der Waals surface area contributed by atoms with Crippen molar-refractivity contribution >= 4 is 5.91 Å². The van der Waals surface area contributed by atoms with Crippen LogP contribution in [0.4, 0.5) is 0 Å². The molecule has 0 aromatic heterocycles. The molecule has 1 atom stereocenters. The molecule has 0 saturated carbocycles. The van der Waals surface area contributed by atoms with Gasteiger partial charge in [-0.3, -0.25) is 4.79 Å². The van der Waals surface area contributed by atoms with Crippen LogP contribution < -0.4 is 5.73 Å². The lowest BCUT2D eigenvalue weighted by Crippen LogP contribution is -2.42. The summed E-state index contributed by atoms with van der Waals surface area (Å²) in [4.78, 5) is 12.7. The predicted octanol–water partition coefficient (Wildman–Crippen LogP) is -1.59. The van der Waals surface area contributed by atoms with Gasteiger partial charge in [0.15, 0.2) is 0 Å². The van der Waals surface area contributed by atoms with Crippen molar-refractivity contribution in [3.8, 4) is 0 Å². The lowest BCUT2D eigenvalue weighted by molar-refractivity contribution is -0.140. The number of carbonyl (C=O) groups excluding carboxylic acids is 1. The fourth-order valence-corrected chi connectivity index (χ4v) is 0.804. The van der Waals surface area contributed by atoms with Gasteiger partial charge in [0.2, 0.25) is 0 Å². The number of nitrogens with zero attached hydrogens (tertiary/aromatic N) is 1. The van der Waals surface area contributed by atoms with Crippen LogP contribution >= 0.6 is 0 Å². The van der Waals surface area contributed by atoms with Crippen LogP contribution in [0.5, 0.6) is 0 Å². The van der Waals surface area contributed by atoms with E-state index in [0.29, 0.717) is 6.54 Å². The van der Waals surface area contributed by atoms with Crippen molar-refractivity contribution in [1.82, 2.24) is 4.90 Å². The van der Waals surface area contributed by atoms with Gasteiger partial charge >= 0.3 is 0 Å². The summed E-state index contributed by atoms with van der Waals surface area (Å²) in [7, 11) is 3.03. The Morgan fingerprint density at radius 1 is 1.75 bits per heavy atom. The van der Waals surface area contributed by atoms with E-state index in [1.54, 1.807) is 7.05 Å². The fraction of sp³-hybridized carbons (Fsp3) is 0.857. The number of amides is 1. The van der Waals surface area contributed by atoms with Crippen molar-refractivity contribution in [1.29, 1.82) is 0 Å². The normalized spacial score (nSPS) is 12.7. The van der Waals surface area contributed by atoms with E-state index in [0.717, 1.165) is 0 Å². The molecule has 0 spiro atoms. The Labute approximate surface area is 72.1 Å². The fourth-order valence-electron chi connectivity index (χ4n) is 0.804. The molecule has 0 aromatic carbocycles. The topological polar surface area (TPSA) is 75.8 Å². The average molecular weight is 176 g/mol. The number of likely N-dealkylation sites (N-methyl/N-ethyl adjacent to an activating group) is 1. The average Bonchev–Trinajstić information content (AvgIpc) is 2.07. The van der Waals surface area contributed by atoms with Crippen LogP contribution in [0.3, 0.4) is 0 Å². The van der Waals surface area contributed by atoms with E-state index in [2.05, 4.69) is 0 Å². The van der Waals surface area contributed by atoms with Gasteiger partial charge < -0.3 is 20.5 Å². The van der Waals surface area contributed by atoms with E-state index in [1.807, 2.05) is 0 Å². The van der Waals surface area contributed by atoms with Crippen LogP contribution in [0.2, 0.25) is 0 Å². The van der Waals surface area contributed by atoms with E-state index in [9.17, 15) is 4.79 Å². The number of hydrogen-bond acceptors (Lipinski definition) is 4. The summed E-state index contributed by atoms with van der Waals surface area (Å²) in [5.41, 5.74) is 5.28. The van der Waals surface area contributed by atoms with Crippen LogP contribution in [0.15, 0.2) is 0 Å². The molecule has 1 amide bonds. The van der Waals surface area contributed by atoms with Crippen molar-refractivity contribution < 1.29 is 14.6 Å². The number of aliphatic hydroxyl groups is 1. The Morgan fingerprint density at radius 2 is 2.33 bits per heavy atom. The molecular weight excluding hydrogens is 160 g/mol. The molecule has 12 heavy (non-hydrogen) atoms. The van der Waals surface area contributed by atoms with Gasteiger partial charge in [-0.05, 0) is 0 Å². The van der Waals surface area contributed by atoms with Gasteiger partial charge in [-0.15, -0.1) is 0 Å². The maximum Gasteiger partial charge on any atom is 0.252 e. The Hall–Kier alpha value is -0.650. The number of hydrogen-bond donors (Lipinski definition) is 2. The Morgan fingerprint density at radius 3 is 2.67 bits per heavy atom. The Bertz CT molecular complexity index is 137. The molecule has 72 valence electrons. The number of nitrogens with two attached hydrogens (primary N) is 1. The highest BCUT2D eigenvalue weighted by atomic mass is 16.5. The minimum atomic E-state index is -0.596. The standard InChI is InChI=1S/C7H16N2O3/c1-9(3-4-10)7(11)6(5-8)12-2/h6,10H,3-5,8H2,1-2H3. The number of aliphatic hydroxyl groups excluding tert-OH is 1. The van der Waals surface area contributed by atoms with E-state index in [-0.39, 0.29) is 19.1 Å². The molecule has 0 heterocycles. The molecule has 0 rings (SSSR count). The molecule has 0 radical (unpaired) electrons. The maximum atomic E-state index is 11.3. The van der Waals surface area contributed by atoms with Crippen LogP contribution in [0, 0.1) is 0 Å². The lowest BCUT2D eigenvalue weighted by Gasteiger charge is -2.20. The highest BCUT2D eigenvalue weighted by Gasteiger charge is 2.19. The van der Waals surface area contributed by atoms with Gasteiger partial charge in [-0.2, -0.15) is 0 Å². The predicted molar refractivity (Wildman–Crippen MR) is 44.6 cm³/mol. The van der Waals surface area contributed by atoms with Crippen LogP contribution in [0.25, 0.3) is 0 Å². The monoisotopic (exact) mass is 176 g/mol. The van der Waals surface area contributed by atoms with E-state index in [4.69, 9.17) is 15.6 Å². The summed E-state index contributed by atoms with van der Waals surface area (Å²) in [6.07, 6.45) is -0.596. The zero-order valence-corrected chi connectivity index (χ0v) is 7.49. The third kappa shape index (κ3) is 3.17. The zero-order chi connectivity index (χ0) is 9.56. The first-order chi connectivity index (χ1) is 5.67. The molecule has 1 unspecified atom stereocenters.